The minimum absolute atomic E-state index is 0.540. The third-order valence-electron chi connectivity index (χ3n) is 2.86. The fourth-order valence-corrected chi connectivity index (χ4v) is 2.73. The molecule has 2 nitrogen and oxygen atoms in total. The van der Waals surface area contributed by atoms with Crippen LogP contribution in [0.25, 0.3) is 0 Å². The number of anilines is 1. The van der Waals surface area contributed by atoms with E-state index in [-0.39, 0.29) is 0 Å². The molecule has 0 heterocycles. The Morgan fingerprint density at radius 2 is 1.77 bits per heavy atom. The quantitative estimate of drug-likeness (QED) is 0.578. The van der Waals surface area contributed by atoms with E-state index in [4.69, 9.17) is 47.0 Å². The molecular weight excluding hydrogens is 427 g/mol. The molecule has 0 aromatic heterocycles. The molecule has 0 amide bonds. The van der Waals surface area contributed by atoms with Gasteiger partial charge in [0.15, 0.2) is 5.11 Å². The summed E-state index contributed by atoms with van der Waals surface area (Å²) in [5.41, 5.74) is 1.93. The Balaban J connectivity index is 1.82. The monoisotopic (exact) mass is 436 g/mol. The molecule has 0 atom stereocenters. The Morgan fingerprint density at radius 1 is 1.00 bits per heavy atom. The second kappa shape index (κ2) is 8.37. The minimum atomic E-state index is 0.540. The van der Waals surface area contributed by atoms with Crippen molar-refractivity contribution in [3.63, 3.8) is 0 Å². The molecule has 0 aliphatic carbocycles. The molecule has 0 aliphatic heterocycles. The van der Waals surface area contributed by atoms with Gasteiger partial charge in [-0.05, 0) is 70.5 Å². The lowest BCUT2D eigenvalue weighted by atomic mass is 10.1. The summed E-state index contributed by atoms with van der Waals surface area (Å²) < 4.78 is 0.846. The summed E-state index contributed by atoms with van der Waals surface area (Å²) in [7, 11) is 0. The smallest absolute Gasteiger partial charge is 0.170 e. The van der Waals surface area contributed by atoms with E-state index in [0.717, 1.165) is 22.1 Å². The molecule has 0 unspecified atom stereocenters. The van der Waals surface area contributed by atoms with Gasteiger partial charge in [0.25, 0.3) is 0 Å². The van der Waals surface area contributed by atoms with Gasteiger partial charge in [-0.25, -0.2) is 0 Å². The van der Waals surface area contributed by atoms with E-state index < -0.39 is 0 Å². The van der Waals surface area contributed by atoms with Gasteiger partial charge in [-0.1, -0.05) is 40.9 Å². The molecule has 0 saturated carbocycles. The molecular formula is C15H12BrCl3N2S. The Kier molecular flexibility index (Phi) is 6.78. The summed E-state index contributed by atoms with van der Waals surface area (Å²) in [4.78, 5) is 0. The van der Waals surface area contributed by atoms with E-state index in [2.05, 4.69) is 26.6 Å². The first-order chi connectivity index (χ1) is 10.5. The van der Waals surface area contributed by atoms with Crippen LogP contribution in [0.3, 0.4) is 0 Å². The summed E-state index contributed by atoms with van der Waals surface area (Å²) in [6.45, 7) is 0.689. The third kappa shape index (κ3) is 5.28. The molecule has 0 spiro atoms. The van der Waals surface area contributed by atoms with Crippen LogP contribution < -0.4 is 10.6 Å². The van der Waals surface area contributed by atoms with Crippen LogP contribution in [0.15, 0.2) is 40.9 Å². The average molecular weight is 439 g/mol. The van der Waals surface area contributed by atoms with Gasteiger partial charge in [-0.15, -0.1) is 0 Å². The SMILES string of the molecule is S=C(NCCc1ccc(Cl)c(Cl)c1)Nc1ccc(Br)c(Cl)c1. The summed E-state index contributed by atoms with van der Waals surface area (Å²) >= 11 is 26.5. The van der Waals surface area contributed by atoms with Crippen LogP contribution in [-0.4, -0.2) is 11.7 Å². The third-order valence-corrected chi connectivity index (χ3v) is 5.08. The van der Waals surface area contributed by atoms with E-state index in [1.165, 1.54) is 0 Å². The molecule has 0 bridgehead atoms. The summed E-state index contributed by atoms with van der Waals surface area (Å²) in [6, 6.07) is 11.2. The maximum Gasteiger partial charge on any atom is 0.170 e. The van der Waals surface area contributed by atoms with Gasteiger partial charge in [0.05, 0.1) is 15.1 Å². The van der Waals surface area contributed by atoms with Crippen molar-refractivity contribution in [1.29, 1.82) is 0 Å². The number of halogens is 4. The predicted octanol–water partition coefficient (Wildman–Crippen LogP) is 5.94. The molecule has 0 fully saturated rings. The second-order valence-electron chi connectivity index (χ2n) is 4.51. The number of hydrogen-bond donors (Lipinski definition) is 2. The van der Waals surface area contributed by atoms with Crippen molar-refractivity contribution in [2.24, 2.45) is 0 Å². The molecule has 2 aromatic carbocycles. The lowest BCUT2D eigenvalue weighted by molar-refractivity contribution is 0.873. The van der Waals surface area contributed by atoms with E-state index in [1.54, 1.807) is 12.1 Å². The van der Waals surface area contributed by atoms with E-state index in [0.29, 0.717) is 26.7 Å². The topological polar surface area (TPSA) is 24.1 Å². The second-order valence-corrected chi connectivity index (χ2v) is 6.99. The lowest BCUT2D eigenvalue weighted by Gasteiger charge is -2.11. The summed E-state index contributed by atoms with van der Waals surface area (Å²) in [5.74, 6) is 0. The zero-order valence-electron chi connectivity index (χ0n) is 11.3. The van der Waals surface area contributed by atoms with Crippen molar-refractivity contribution >= 4 is 73.8 Å². The Bertz CT molecular complexity index is 694. The van der Waals surface area contributed by atoms with Crippen molar-refractivity contribution in [2.45, 2.75) is 6.42 Å². The van der Waals surface area contributed by atoms with Crippen LogP contribution in [0, 0.1) is 0 Å². The van der Waals surface area contributed by atoms with E-state index in [9.17, 15) is 0 Å². The highest BCUT2D eigenvalue weighted by Gasteiger charge is 2.03. The number of hydrogen-bond acceptors (Lipinski definition) is 1. The predicted molar refractivity (Wildman–Crippen MR) is 104 cm³/mol. The van der Waals surface area contributed by atoms with Crippen molar-refractivity contribution in [2.75, 3.05) is 11.9 Å². The van der Waals surface area contributed by atoms with Crippen molar-refractivity contribution < 1.29 is 0 Å². The first-order valence-corrected chi connectivity index (χ1v) is 8.73. The van der Waals surface area contributed by atoms with Gasteiger partial charge in [0.1, 0.15) is 0 Å². The van der Waals surface area contributed by atoms with Gasteiger partial charge >= 0.3 is 0 Å². The molecule has 116 valence electrons. The van der Waals surface area contributed by atoms with E-state index >= 15 is 0 Å². The first kappa shape index (κ1) is 17.8. The fourth-order valence-electron chi connectivity index (χ4n) is 1.76. The van der Waals surface area contributed by atoms with Gasteiger partial charge in [0.2, 0.25) is 0 Å². The van der Waals surface area contributed by atoms with Gasteiger partial charge in [-0.2, -0.15) is 0 Å². The van der Waals surface area contributed by atoms with Crippen LogP contribution in [0.4, 0.5) is 5.69 Å². The summed E-state index contributed by atoms with van der Waals surface area (Å²) in [5, 5.41) is 8.51. The van der Waals surface area contributed by atoms with Crippen LogP contribution in [0.1, 0.15) is 5.56 Å². The number of thiocarbonyl (C=S) groups is 1. The minimum Gasteiger partial charge on any atom is -0.362 e. The normalized spacial score (nSPS) is 10.4. The molecule has 2 rings (SSSR count). The van der Waals surface area contributed by atoms with Gasteiger partial charge in [-0.3, -0.25) is 0 Å². The van der Waals surface area contributed by atoms with Gasteiger partial charge in [0, 0.05) is 16.7 Å². The maximum absolute atomic E-state index is 6.04. The number of benzene rings is 2. The Hall–Kier alpha value is -0.520. The van der Waals surface area contributed by atoms with Crippen LogP contribution in [0.2, 0.25) is 15.1 Å². The van der Waals surface area contributed by atoms with Crippen molar-refractivity contribution in [3.05, 3.63) is 61.5 Å². The van der Waals surface area contributed by atoms with E-state index in [1.807, 2.05) is 24.3 Å². The lowest BCUT2D eigenvalue weighted by Crippen LogP contribution is -2.30. The molecule has 22 heavy (non-hydrogen) atoms. The van der Waals surface area contributed by atoms with Crippen LogP contribution >= 0.6 is 63.0 Å². The zero-order chi connectivity index (χ0) is 16.1. The Labute approximate surface area is 158 Å². The van der Waals surface area contributed by atoms with Crippen LogP contribution in [0.5, 0.6) is 0 Å². The number of rotatable bonds is 4. The van der Waals surface area contributed by atoms with Gasteiger partial charge < -0.3 is 10.6 Å². The molecule has 2 N–H and O–H groups in total. The first-order valence-electron chi connectivity index (χ1n) is 6.39. The fraction of sp³-hybridized carbons (Fsp3) is 0.133. The largest absolute Gasteiger partial charge is 0.362 e. The maximum atomic E-state index is 6.04. The highest BCUT2D eigenvalue weighted by Crippen LogP contribution is 2.25. The Morgan fingerprint density at radius 3 is 2.45 bits per heavy atom. The van der Waals surface area contributed by atoms with Crippen molar-refractivity contribution in [3.8, 4) is 0 Å². The summed E-state index contributed by atoms with van der Waals surface area (Å²) in [6.07, 6.45) is 0.791. The molecule has 7 heteroatoms. The van der Waals surface area contributed by atoms with Crippen molar-refractivity contribution in [1.82, 2.24) is 5.32 Å². The highest BCUT2D eigenvalue weighted by atomic mass is 79.9. The zero-order valence-corrected chi connectivity index (χ0v) is 16.0. The standard InChI is InChI=1S/C15H12BrCl3N2S/c16-11-3-2-10(8-13(11)18)21-15(22)20-6-5-9-1-4-12(17)14(19)7-9/h1-4,7-8H,5-6H2,(H2,20,21,22). The molecule has 0 radical (unpaired) electrons. The molecule has 0 saturated heterocycles. The number of nitrogens with one attached hydrogen (secondary N) is 2. The van der Waals surface area contributed by atoms with Crippen LogP contribution in [-0.2, 0) is 6.42 Å². The molecule has 0 aliphatic rings. The highest BCUT2D eigenvalue weighted by molar-refractivity contribution is 9.10. The average Bonchev–Trinajstić information content (AvgIpc) is 2.47. The molecule has 2 aromatic rings.